The van der Waals surface area contributed by atoms with Crippen LogP contribution in [0, 0.1) is 12.1 Å². The molecule has 0 bridgehead atoms. The fraction of sp³-hybridized carbons (Fsp3) is 0.143. The predicted molar refractivity (Wildman–Crippen MR) is 62.7 cm³/mol. The lowest BCUT2D eigenvalue weighted by atomic mass is 10.0. The van der Waals surface area contributed by atoms with Gasteiger partial charge in [0.05, 0.1) is 14.2 Å². The predicted octanol–water partition coefficient (Wildman–Crippen LogP) is 2.97. The monoisotopic (exact) mass is 212 g/mol. The van der Waals surface area contributed by atoms with Crippen LogP contribution in [0.5, 0.6) is 11.5 Å². The Hall–Kier alpha value is -1.96. The van der Waals surface area contributed by atoms with Crippen molar-refractivity contribution in [3.63, 3.8) is 0 Å². The minimum atomic E-state index is 0.767. The molecule has 80 valence electrons. The van der Waals surface area contributed by atoms with E-state index in [-0.39, 0.29) is 0 Å². The van der Waals surface area contributed by atoms with Crippen LogP contribution in [0.2, 0.25) is 0 Å². The van der Waals surface area contributed by atoms with Gasteiger partial charge in [0, 0.05) is 11.1 Å². The number of methoxy groups -OCH3 is 2. The summed E-state index contributed by atoms with van der Waals surface area (Å²) >= 11 is 0. The molecular formula is C14H12O2. The SMILES string of the molecule is COc1ccc[c]c1-c1[c]cccc1OC. The highest BCUT2D eigenvalue weighted by atomic mass is 16.5. The van der Waals surface area contributed by atoms with E-state index in [0.717, 1.165) is 22.6 Å². The van der Waals surface area contributed by atoms with Crippen LogP contribution in [0.1, 0.15) is 0 Å². The van der Waals surface area contributed by atoms with Gasteiger partial charge in [-0.05, 0) is 24.3 Å². The molecule has 2 nitrogen and oxygen atoms in total. The maximum atomic E-state index is 5.29. The summed E-state index contributed by atoms with van der Waals surface area (Å²) in [6.07, 6.45) is 0. The van der Waals surface area contributed by atoms with Gasteiger partial charge in [0.2, 0.25) is 0 Å². The van der Waals surface area contributed by atoms with Crippen molar-refractivity contribution in [2.45, 2.75) is 0 Å². The lowest BCUT2D eigenvalue weighted by molar-refractivity contribution is 0.410. The zero-order valence-electron chi connectivity index (χ0n) is 9.28. The van der Waals surface area contributed by atoms with Crippen molar-refractivity contribution >= 4 is 0 Å². The van der Waals surface area contributed by atoms with Gasteiger partial charge in [-0.3, -0.25) is 0 Å². The maximum Gasteiger partial charge on any atom is 0.127 e. The molecule has 0 aliphatic heterocycles. The van der Waals surface area contributed by atoms with Gasteiger partial charge < -0.3 is 9.47 Å². The standard InChI is InChI=1S/C14H12O2/c1-15-13-9-5-3-7-11(13)12-8-4-6-10-14(12)16-2/h3-6,9-10H,1-2H3. The zero-order chi connectivity index (χ0) is 11.4. The molecule has 0 amide bonds. The van der Waals surface area contributed by atoms with E-state index in [1.165, 1.54) is 0 Å². The van der Waals surface area contributed by atoms with Crippen LogP contribution in [0.4, 0.5) is 0 Å². The molecule has 2 aromatic rings. The van der Waals surface area contributed by atoms with Gasteiger partial charge in [0.1, 0.15) is 11.5 Å². The van der Waals surface area contributed by atoms with Crippen molar-refractivity contribution in [1.29, 1.82) is 0 Å². The van der Waals surface area contributed by atoms with E-state index >= 15 is 0 Å². The van der Waals surface area contributed by atoms with Crippen LogP contribution < -0.4 is 9.47 Å². The summed E-state index contributed by atoms with van der Waals surface area (Å²) in [5.41, 5.74) is 1.73. The Morgan fingerprint density at radius 3 is 1.62 bits per heavy atom. The second-order valence-corrected chi connectivity index (χ2v) is 3.23. The van der Waals surface area contributed by atoms with E-state index in [1.54, 1.807) is 14.2 Å². The molecule has 0 aliphatic carbocycles. The van der Waals surface area contributed by atoms with Gasteiger partial charge in [-0.25, -0.2) is 0 Å². The fourth-order valence-electron chi connectivity index (χ4n) is 1.57. The van der Waals surface area contributed by atoms with Gasteiger partial charge >= 0.3 is 0 Å². The number of ether oxygens (including phenoxy) is 2. The zero-order valence-corrected chi connectivity index (χ0v) is 9.28. The van der Waals surface area contributed by atoms with Crippen LogP contribution in [-0.2, 0) is 0 Å². The van der Waals surface area contributed by atoms with E-state index in [4.69, 9.17) is 9.47 Å². The third-order valence-electron chi connectivity index (χ3n) is 2.33. The normalized spacial score (nSPS) is 9.88. The molecular weight excluding hydrogens is 200 g/mol. The first-order chi connectivity index (χ1) is 7.86. The third-order valence-corrected chi connectivity index (χ3v) is 2.33. The Bertz CT molecular complexity index is 432. The van der Waals surface area contributed by atoms with Crippen molar-refractivity contribution in [2.24, 2.45) is 0 Å². The van der Waals surface area contributed by atoms with Crippen LogP contribution in [0.25, 0.3) is 11.1 Å². The summed E-state index contributed by atoms with van der Waals surface area (Å²) in [6, 6.07) is 17.5. The first kappa shape index (κ1) is 10.6. The largest absolute Gasteiger partial charge is 0.496 e. The summed E-state index contributed by atoms with van der Waals surface area (Å²) in [5.74, 6) is 1.53. The number of rotatable bonds is 3. The topological polar surface area (TPSA) is 18.5 Å². The highest BCUT2D eigenvalue weighted by Crippen LogP contribution is 2.34. The lowest BCUT2D eigenvalue weighted by Crippen LogP contribution is -1.91. The average molecular weight is 212 g/mol. The molecule has 0 saturated heterocycles. The van der Waals surface area contributed by atoms with Gasteiger partial charge in [-0.15, -0.1) is 0 Å². The minimum absolute atomic E-state index is 0.767. The summed E-state index contributed by atoms with van der Waals surface area (Å²) in [4.78, 5) is 0. The minimum Gasteiger partial charge on any atom is -0.496 e. The molecule has 0 unspecified atom stereocenters. The van der Waals surface area contributed by atoms with Crippen molar-refractivity contribution in [3.05, 3.63) is 48.5 Å². The highest BCUT2D eigenvalue weighted by molar-refractivity contribution is 5.74. The molecule has 0 spiro atoms. The van der Waals surface area contributed by atoms with Crippen LogP contribution in [-0.4, -0.2) is 14.2 Å². The van der Waals surface area contributed by atoms with Crippen molar-refractivity contribution < 1.29 is 9.47 Å². The van der Waals surface area contributed by atoms with Gasteiger partial charge in [0.15, 0.2) is 0 Å². The molecule has 0 aromatic heterocycles. The van der Waals surface area contributed by atoms with Crippen molar-refractivity contribution in [1.82, 2.24) is 0 Å². The molecule has 2 rings (SSSR count). The second-order valence-electron chi connectivity index (χ2n) is 3.23. The van der Waals surface area contributed by atoms with Gasteiger partial charge in [-0.2, -0.15) is 0 Å². The maximum absolute atomic E-state index is 5.29. The molecule has 0 atom stereocenters. The van der Waals surface area contributed by atoms with Crippen molar-refractivity contribution in [3.8, 4) is 22.6 Å². The summed E-state index contributed by atoms with van der Waals surface area (Å²) in [7, 11) is 3.28. The average Bonchev–Trinajstić information content (AvgIpc) is 2.38. The highest BCUT2D eigenvalue weighted by Gasteiger charge is 2.09. The van der Waals surface area contributed by atoms with E-state index in [1.807, 2.05) is 36.4 Å². The Labute approximate surface area is 95.4 Å². The molecule has 0 fully saturated rings. The molecule has 0 aliphatic rings. The Kier molecular flexibility index (Phi) is 3.10. The molecule has 0 N–H and O–H groups in total. The fourth-order valence-corrected chi connectivity index (χ4v) is 1.57. The van der Waals surface area contributed by atoms with Gasteiger partial charge in [-0.1, -0.05) is 24.3 Å². The first-order valence-corrected chi connectivity index (χ1v) is 4.96. The van der Waals surface area contributed by atoms with Crippen LogP contribution >= 0.6 is 0 Å². The molecule has 0 saturated carbocycles. The number of benzene rings is 2. The quantitative estimate of drug-likeness (QED) is 0.778. The molecule has 0 heterocycles. The summed E-state index contributed by atoms with van der Waals surface area (Å²) in [5, 5.41) is 0. The Balaban J connectivity index is 2.58. The Morgan fingerprint density at radius 2 is 1.25 bits per heavy atom. The molecule has 2 aromatic carbocycles. The smallest absolute Gasteiger partial charge is 0.127 e. The van der Waals surface area contributed by atoms with Crippen LogP contribution in [0.15, 0.2) is 36.4 Å². The van der Waals surface area contributed by atoms with E-state index in [2.05, 4.69) is 12.1 Å². The van der Waals surface area contributed by atoms with Gasteiger partial charge in [0.25, 0.3) is 0 Å². The third kappa shape index (κ3) is 1.87. The molecule has 2 heteroatoms. The second kappa shape index (κ2) is 4.71. The Morgan fingerprint density at radius 1 is 0.812 bits per heavy atom. The lowest BCUT2D eigenvalue weighted by Gasteiger charge is -2.10. The number of hydrogen-bond acceptors (Lipinski definition) is 2. The van der Waals surface area contributed by atoms with E-state index in [9.17, 15) is 0 Å². The first-order valence-electron chi connectivity index (χ1n) is 4.96. The molecule has 16 heavy (non-hydrogen) atoms. The van der Waals surface area contributed by atoms with E-state index in [0.29, 0.717) is 0 Å². The number of hydrogen-bond donors (Lipinski definition) is 0. The van der Waals surface area contributed by atoms with Crippen LogP contribution in [0.3, 0.4) is 0 Å². The summed E-state index contributed by atoms with van der Waals surface area (Å²) < 4.78 is 10.6. The summed E-state index contributed by atoms with van der Waals surface area (Å²) in [6.45, 7) is 0. The molecule has 2 radical (unpaired) electrons. The van der Waals surface area contributed by atoms with Crippen molar-refractivity contribution in [2.75, 3.05) is 14.2 Å². The van der Waals surface area contributed by atoms with E-state index < -0.39 is 0 Å².